The van der Waals surface area contributed by atoms with E-state index >= 15 is 0 Å². The van der Waals surface area contributed by atoms with Crippen LogP contribution in [0.5, 0.6) is 11.6 Å². The number of aryl methyl sites for hydroxylation is 1. The Morgan fingerprint density at radius 3 is 2.75 bits per heavy atom. The van der Waals surface area contributed by atoms with E-state index in [0.717, 1.165) is 22.2 Å². The number of nitrogens with zero attached hydrogens (tertiary/aromatic N) is 1. The Hall–Kier alpha value is -1.35. The van der Waals surface area contributed by atoms with Crippen molar-refractivity contribution >= 4 is 15.9 Å². The first-order valence-electron chi connectivity index (χ1n) is 5.04. The first-order chi connectivity index (χ1) is 7.81. The molecule has 2 nitrogen and oxygen atoms in total. The molecule has 0 N–H and O–H groups in total. The third-order valence-electron chi connectivity index (χ3n) is 2.29. The Bertz CT molecular complexity index is 485. The Morgan fingerprint density at radius 2 is 2.00 bits per heavy atom. The molecule has 0 unspecified atom stereocenters. The van der Waals surface area contributed by atoms with Gasteiger partial charge >= 0.3 is 0 Å². The molecule has 1 heterocycles. The Balaban J connectivity index is 2.30. The van der Waals surface area contributed by atoms with Crippen LogP contribution in [0.3, 0.4) is 0 Å². The van der Waals surface area contributed by atoms with Gasteiger partial charge in [0.25, 0.3) is 0 Å². The molecule has 0 aliphatic rings. The molecule has 0 aliphatic heterocycles. The molecule has 2 aromatic rings. The van der Waals surface area contributed by atoms with Crippen LogP contribution in [0.25, 0.3) is 0 Å². The van der Waals surface area contributed by atoms with E-state index in [0.29, 0.717) is 5.88 Å². The number of rotatable bonds is 3. The normalized spacial score (nSPS) is 10.1. The number of hydrogen-bond donors (Lipinski definition) is 0. The summed E-state index contributed by atoms with van der Waals surface area (Å²) in [5.41, 5.74) is 2.15. The number of alkyl halides is 1. The molecule has 3 heteroatoms. The lowest BCUT2D eigenvalue weighted by atomic mass is 10.2. The fourth-order valence-corrected chi connectivity index (χ4v) is 1.82. The van der Waals surface area contributed by atoms with Crippen LogP contribution in [0.4, 0.5) is 0 Å². The van der Waals surface area contributed by atoms with Gasteiger partial charge in [-0.2, -0.15) is 0 Å². The number of pyridine rings is 1. The molecule has 82 valence electrons. The van der Waals surface area contributed by atoms with Gasteiger partial charge in [0.2, 0.25) is 5.88 Å². The predicted molar refractivity (Wildman–Crippen MR) is 68.1 cm³/mol. The quantitative estimate of drug-likeness (QED) is 0.789. The van der Waals surface area contributed by atoms with Gasteiger partial charge in [0.15, 0.2) is 0 Å². The second-order valence-corrected chi connectivity index (χ2v) is 4.03. The molecule has 0 amide bonds. The molecule has 1 aromatic carbocycles. The minimum atomic E-state index is 0.661. The fraction of sp³-hybridized carbons (Fsp3) is 0.154. The average molecular weight is 278 g/mol. The van der Waals surface area contributed by atoms with Crippen molar-refractivity contribution in [1.29, 1.82) is 0 Å². The summed E-state index contributed by atoms with van der Waals surface area (Å²) < 4.78 is 5.79. The van der Waals surface area contributed by atoms with Gasteiger partial charge in [-0.15, -0.1) is 0 Å². The summed E-state index contributed by atoms with van der Waals surface area (Å²) in [5, 5.41) is 0.738. The molecule has 0 atom stereocenters. The van der Waals surface area contributed by atoms with Crippen molar-refractivity contribution in [1.82, 2.24) is 4.98 Å². The molecular formula is C13H12BrNO. The average Bonchev–Trinajstić information content (AvgIpc) is 2.33. The molecule has 16 heavy (non-hydrogen) atoms. The number of aromatic nitrogens is 1. The van der Waals surface area contributed by atoms with E-state index in [9.17, 15) is 0 Å². The summed E-state index contributed by atoms with van der Waals surface area (Å²) in [6, 6.07) is 11.8. The molecule has 0 spiro atoms. The minimum Gasteiger partial charge on any atom is -0.438 e. The number of para-hydroxylation sites is 1. The van der Waals surface area contributed by atoms with Crippen LogP contribution in [0, 0.1) is 6.92 Å². The lowest BCUT2D eigenvalue weighted by Gasteiger charge is -2.09. The number of benzene rings is 1. The van der Waals surface area contributed by atoms with E-state index in [1.165, 1.54) is 0 Å². The highest BCUT2D eigenvalue weighted by Gasteiger charge is 2.05. The third kappa shape index (κ3) is 2.42. The van der Waals surface area contributed by atoms with E-state index < -0.39 is 0 Å². The Morgan fingerprint density at radius 1 is 1.19 bits per heavy atom. The second kappa shape index (κ2) is 5.12. The van der Waals surface area contributed by atoms with Crippen LogP contribution in [0.1, 0.15) is 11.1 Å². The van der Waals surface area contributed by atoms with Crippen molar-refractivity contribution in [2.24, 2.45) is 0 Å². The van der Waals surface area contributed by atoms with E-state index in [1.807, 2.05) is 43.3 Å². The van der Waals surface area contributed by atoms with Gasteiger partial charge in [-0.1, -0.05) is 40.2 Å². The number of hydrogen-bond acceptors (Lipinski definition) is 2. The third-order valence-corrected chi connectivity index (χ3v) is 2.90. The lowest BCUT2D eigenvalue weighted by Crippen LogP contribution is -1.93. The summed E-state index contributed by atoms with van der Waals surface area (Å²) >= 11 is 3.42. The van der Waals surface area contributed by atoms with E-state index in [-0.39, 0.29) is 0 Å². The fourth-order valence-electron chi connectivity index (χ4n) is 1.39. The molecule has 0 bridgehead atoms. The predicted octanol–water partition coefficient (Wildman–Crippen LogP) is 4.08. The highest BCUT2D eigenvalue weighted by Crippen LogP contribution is 2.26. The van der Waals surface area contributed by atoms with Crippen molar-refractivity contribution in [2.45, 2.75) is 12.3 Å². The van der Waals surface area contributed by atoms with Crippen LogP contribution in [-0.2, 0) is 5.33 Å². The standard InChI is InChI=1S/C13H12BrNO/c1-10-5-2-3-7-12(10)16-13-11(9-14)6-4-8-15-13/h2-8H,9H2,1H3. The Labute approximate surface area is 103 Å². The molecule has 2 rings (SSSR count). The highest BCUT2D eigenvalue weighted by atomic mass is 79.9. The highest BCUT2D eigenvalue weighted by molar-refractivity contribution is 9.08. The molecule has 0 saturated carbocycles. The van der Waals surface area contributed by atoms with Crippen LogP contribution in [0.2, 0.25) is 0 Å². The lowest BCUT2D eigenvalue weighted by molar-refractivity contribution is 0.455. The van der Waals surface area contributed by atoms with Gasteiger partial charge in [-0.25, -0.2) is 4.98 Å². The maximum absolute atomic E-state index is 5.79. The first-order valence-corrected chi connectivity index (χ1v) is 6.17. The largest absolute Gasteiger partial charge is 0.438 e. The minimum absolute atomic E-state index is 0.661. The van der Waals surface area contributed by atoms with Crippen molar-refractivity contribution < 1.29 is 4.74 Å². The number of halogens is 1. The maximum Gasteiger partial charge on any atom is 0.223 e. The molecular weight excluding hydrogens is 266 g/mol. The topological polar surface area (TPSA) is 22.1 Å². The van der Waals surface area contributed by atoms with E-state index in [1.54, 1.807) is 6.20 Å². The zero-order valence-corrected chi connectivity index (χ0v) is 10.6. The van der Waals surface area contributed by atoms with Crippen molar-refractivity contribution in [3.8, 4) is 11.6 Å². The van der Waals surface area contributed by atoms with Crippen molar-refractivity contribution in [3.63, 3.8) is 0 Å². The van der Waals surface area contributed by atoms with Crippen LogP contribution < -0.4 is 4.74 Å². The Kier molecular flexibility index (Phi) is 3.57. The van der Waals surface area contributed by atoms with Gasteiger partial charge in [-0.3, -0.25) is 0 Å². The summed E-state index contributed by atoms with van der Waals surface area (Å²) in [4.78, 5) is 4.23. The molecule has 0 aliphatic carbocycles. The maximum atomic E-state index is 5.79. The van der Waals surface area contributed by atoms with Gasteiger partial charge in [-0.05, 0) is 24.6 Å². The summed E-state index contributed by atoms with van der Waals surface area (Å²) in [6.07, 6.45) is 1.74. The monoisotopic (exact) mass is 277 g/mol. The van der Waals surface area contributed by atoms with Gasteiger partial charge in [0, 0.05) is 17.1 Å². The molecule has 0 saturated heterocycles. The van der Waals surface area contributed by atoms with Crippen LogP contribution in [-0.4, -0.2) is 4.98 Å². The smallest absolute Gasteiger partial charge is 0.223 e. The molecule has 1 aromatic heterocycles. The first kappa shape index (κ1) is 11.1. The summed E-state index contributed by atoms with van der Waals surface area (Å²) in [6.45, 7) is 2.02. The second-order valence-electron chi connectivity index (χ2n) is 3.47. The summed E-state index contributed by atoms with van der Waals surface area (Å²) in [5.74, 6) is 1.51. The van der Waals surface area contributed by atoms with Gasteiger partial charge < -0.3 is 4.74 Å². The summed E-state index contributed by atoms with van der Waals surface area (Å²) in [7, 11) is 0. The zero-order valence-electron chi connectivity index (χ0n) is 8.98. The number of ether oxygens (including phenoxy) is 1. The SMILES string of the molecule is Cc1ccccc1Oc1ncccc1CBr. The van der Waals surface area contributed by atoms with E-state index in [4.69, 9.17) is 4.74 Å². The van der Waals surface area contributed by atoms with Crippen molar-refractivity contribution in [3.05, 3.63) is 53.7 Å². The van der Waals surface area contributed by atoms with Crippen molar-refractivity contribution in [2.75, 3.05) is 0 Å². The van der Waals surface area contributed by atoms with Crippen LogP contribution >= 0.6 is 15.9 Å². The zero-order chi connectivity index (χ0) is 11.4. The van der Waals surface area contributed by atoms with Crippen LogP contribution in [0.15, 0.2) is 42.6 Å². The molecule has 0 fully saturated rings. The van der Waals surface area contributed by atoms with Gasteiger partial charge in [0.1, 0.15) is 5.75 Å². The van der Waals surface area contributed by atoms with E-state index in [2.05, 4.69) is 20.9 Å². The molecule has 0 radical (unpaired) electrons. The van der Waals surface area contributed by atoms with Gasteiger partial charge in [0.05, 0.1) is 0 Å².